The molecule has 0 aromatic rings. The fraction of sp³-hybridized carbons (Fsp3) is 0.667. The van der Waals surface area contributed by atoms with Gasteiger partial charge in [0.15, 0.2) is 0 Å². The van der Waals surface area contributed by atoms with Crippen molar-refractivity contribution in [3.8, 4) is 0 Å². The van der Waals surface area contributed by atoms with E-state index in [2.05, 4.69) is 6.92 Å². The summed E-state index contributed by atoms with van der Waals surface area (Å²) in [6.45, 7) is 8.02. The maximum atomic E-state index is 11.5. The minimum Gasteiger partial charge on any atom is -0.668 e. The molecule has 0 radical (unpaired) electrons. The molecule has 2 fully saturated rings. The van der Waals surface area contributed by atoms with Crippen LogP contribution in [-0.4, -0.2) is 29.2 Å². The Balaban J connectivity index is -0.0000000174. The van der Waals surface area contributed by atoms with E-state index in [0.29, 0.717) is 17.8 Å². The van der Waals surface area contributed by atoms with Crippen molar-refractivity contribution in [2.24, 2.45) is 29.6 Å². The maximum Gasteiger partial charge on any atom is 2.00 e. The monoisotopic (exact) mass is 989 g/mol. The average molecular weight is 989 g/mol. The first-order chi connectivity index (χ1) is 9.67. The van der Waals surface area contributed by atoms with Crippen LogP contribution in [-0.2, 0) is 82.4 Å². The second-order valence-corrected chi connectivity index (χ2v) is 5.91. The van der Waals surface area contributed by atoms with E-state index in [0.717, 1.165) is 12.8 Å². The van der Waals surface area contributed by atoms with Crippen LogP contribution in [0.25, 0.3) is 5.73 Å². The van der Waals surface area contributed by atoms with Crippen LogP contribution in [0.5, 0.6) is 0 Å². The first kappa shape index (κ1) is 84.2. The van der Waals surface area contributed by atoms with Crippen LogP contribution in [0, 0.1) is 59.3 Å². The number of hydrogen-bond donors (Lipinski definition) is 0. The second-order valence-electron chi connectivity index (χ2n) is 5.91. The topological polar surface area (TPSA) is 124 Å². The van der Waals surface area contributed by atoms with Gasteiger partial charge in [-0.2, -0.15) is 6.92 Å². The Morgan fingerprint density at radius 1 is 0.758 bits per heavy atom. The van der Waals surface area contributed by atoms with Crippen molar-refractivity contribution in [1.82, 2.24) is 0 Å². The zero-order valence-electron chi connectivity index (χ0n) is 19.2. The van der Waals surface area contributed by atoms with Crippen LogP contribution >= 0.6 is 0 Å². The van der Waals surface area contributed by atoms with Gasteiger partial charge >= 0.3 is 63.2 Å². The number of hydrogen-bond acceptors (Lipinski definition) is 4. The van der Waals surface area contributed by atoms with Crippen LogP contribution in [0.4, 0.5) is 0 Å². The summed E-state index contributed by atoms with van der Waals surface area (Å²) < 4.78 is 0. The molecule has 0 saturated heterocycles. The zero-order chi connectivity index (χ0) is 16.7. The summed E-state index contributed by atoms with van der Waals surface area (Å²) >= 11 is 0. The molecule has 3 N–H and O–H groups in total. The Morgan fingerprint density at radius 3 is 1.21 bits per heavy atom. The van der Waals surface area contributed by atoms with Gasteiger partial charge in [0, 0.05) is 17.7 Å². The van der Waals surface area contributed by atoms with E-state index in [9.17, 15) is 9.59 Å². The van der Waals surface area contributed by atoms with Crippen LogP contribution in [0.2, 0.25) is 0 Å². The third-order valence-corrected chi connectivity index (χ3v) is 4.28. The van der Waals surface area contributed by atoms with Crippen LogP contribution < -0.4 is 0 Å². The Kier molecular flexibility index (Phi) is 109. The van der Waals surface area contributed by atoms with E-state index in [1.54, 1.807) is 13.8 Å². The van der Waals surface area contributed by atoms with E-state index < -0.39 is 5.91 Å². The molecule has 204 valence electrons. The number of fused-ring (bicyclic) bond motifs is 2. The maximum absolute atomic E-state index is 11.5. The predicted octanol–water partition coefficient (Wildman–Crippen LogP) is 6.29. The van der Waals surface area contributed by atoms with Crippen molar-refractivity contribution in [2.75, 3.05) is 0 Å². The minimum atomic E-state index is -0.583. The molecule has 0 aliphatic heterocycles. The molecule has 1 amide bonds. The van der Waals surface area contributed by atoms with Crippen LogP contribution in [0.1, 0.15) is 77.2 Å². The van der Waals surface area contributed by atoms with Crippen molar-refractivity contribution in [3.63, 3.8) is 0 Å². The molecule has 2 rings (SSSR count). The Hall–Kier alpha value is 0.505. The number of carbonyl (C=O) groups is 3. The Bertz CT molecular complexity index is 421. The molecule has 2 bridgehead atoms. The van der Waals surface area contributed by atoms with E-state index in [1.807, 2.05) is 0 Å². The number of nitrogens with one attached hydrogen (secondary N) is 1. The quantitative estimate of drug-likeness (QED) is 0.302. The Morgan fingerprint density at radius 2 is 1.00 bits per heavy atom. The van der Waals surface area contributed by atoms with Crippen molar-refractivity contribution in [1.29, 1.82) is 0 Å². The summed E-state index contributed by atoms with van der Waals surface area (Å²) in [6.07, 6.45) is 3.76. The van der Waals surface area contributed by atoms with Crippen molar-refractivity contribution in [3.05, 3.63) is 35.4 Å². The third-order valence-electron chi connectivity index (χ3n) is 4.28. The van der Waals surface area contributed by atoms with Gasteiger partial charge in [0.05, 0.1) is 0 Å². The molecule has 5 atom stereocenters. The number of Topliss-reactive ketones (excluding diaryl/α,β-unsaturated/α-hetero) is 2. The molecule has 33 heavy (non-hydrogen) atoms. The molecule has 2 aliphatic rings. The van der Waals surface area contributed by atoms with Gasteiger partial charge in [-0.3, -0.25) is 15.9 Å². The number of rotatable bonds is 2. The number of amides is 1. The molecule has 2 aliphatic carbocycles. The normalized spacial score (nSPS) is 20.5. The smallest absolute Gasteiger partial charge is 0.668 e. The molecular formula is C24H55NO5W3. The molecular weight excluding hydrogens is 934 g/mol. The molecule has 9 heteroatoms. The summed E-state index contributed by atoms with van der Waals surface area (Å²) in [5, 5.41) is 0. The van der Waals surface area contributed by atoms with E-state index in [1.165, 1.54) is 20.1 Å². The van der Waals surface area contributed by atoms with Gasteiger partial charge in [0.25, 0.3) is 0 Å². The Labute approximate surface area is 252 Å². The molecule has 0 spiro atoms. The molecule has 0 aromatic carbocycles. The van der Waals surface area contributed by atoms with Gasteiger partial charge in [-0.15, -0.1) is 0 Å². The first-order valence-corrected chi connectivity index (χ1v) is 7.19. The van der Waals surface area contributed by atoms with E-state index in [4.69, 9.17) is 15.3 Å². The summed E-state index contributed by atoms with van der Waals surface area (Å²) in [7, 11) is 0. The van der Waals surface area contributed by atoms with Gasteiger partial charge < -0.3 is 50.5 Å². The van der Waals surface area contributed by atoms with Crippen molar-refractivity contribution in [2.45, 2.75) is 77.2 Å². The summed E-state index contributed by atoms with van der Waals surface area (Å²) in [5.74, 6) is 1.60. The van der Waals surface area contributed by atoms with Gasteiger partial charge in [-0.25, -0.2) is 0 Å². The third kappa shape index (κ3) is 28.6. The summed E-state index contributed by atoms with van der Waals surface area (Å²) in [6, 6.07) is 0. The first-order valence-electron chi connectivity index (χ1n) is 7.19. The van der Waals surface area contributed by atoms with Crippen LogP contribution in [0.3, 0.4) is 0 Å². The second kappa shape index (κ2) is 42.6. The zero-order valence-corrected chi connectivity index (χ0v) is 28.0. The fourth-order valence-corrected chi connectivity index (χ4v) is 3.82. The summed E-state index contributed by atoms with van der Waals surface area (Å²) in [4.78, 5) is 40.8. The van der Waals surface area contributed by atoms with Gasteiger partial charge in [-0.05, 0) is 51.4 Å². The van der Waals surface area contributed by atoms with Gasteiger partial charge in [-0.1, -0.05) is 36.6 Å². The van der Waals surface area contributed by atoms with Crippen molar-refractivity contribution >= 4 is 23.8 Å². The standard InChI is InChI=1S/C12H18O2.C2H5NO.C2H3O.4CH4.4CH3.H2O.3W/c1-6-4-9-5-10(6)12(8(3)14)11(9)7(2)13;1-2(3)4;1-2-3;;;;;;;;;;;;/h6,9-12H,4-5H2,1-3H3;1H3,(H2,3,4);1H3;4*1H4;4*1H3;1H2;;;/q;;-1;;;;;4*-1;;3*+2/p-1. The summed E-state index contributed by atoms with van der Waals surface area (Å²) in [5.41, 5.74) is 5.94. The molecule has 2 saturated carbocycles. The molecule has 0 aromatic heterocycles. The number of carbonyl (C=O) groups excluding carboxylic acids is 4. The SMILES string of the molecule is C.C.C.C.CC(=O)C1C2CC(C)C(C2)C1C(C)=O.CC([NH-])=O.C[C-]=O.O.[CH3-].[CH3-].[CH3-].[CH3-].[W+2].[W+2].[W+2]. The van der Waals surface area contributed by atoms with Gasteiger partial charge in [0.1, 0.15) is 11.6 Å². The molecule has 5 unspecified atom stereocenters. The van der Waals surface area contributed by atoms with Crippen LogP contribution in [0.15, 0.2) is 0 Å². The largest absolute Gasteiger partial charge is 2.00 e. The predicted molar refractivity (Wildman–Crippen MR) is 136 cm³/mol. The van der Waals surface area contributed by atoms with E-state index >= 15 is 0 Å². The minimum absolute atomic E-state index is 0. The number of ketones is 2. The average Bonchev–Trinajstić information content (AvgIpc) is 2.84. The van der Waals surface area contributed by atoms with Crippen molar-refractivity contribution < 1.29 is 87.9 Å². The molecule has 0 heterocycles. The fourth-order valence-electron chi connectivity index (χ4n) is 3.82. The molecule has 6 nitrogen and oxygen atoms in total. The van der Waals surface area contributed by atoms with Gasteiger partial charge in [0.2, 0.25) is 0 Å². The van der Waals surface area contributed by atoms with E-state index in [-0.39, 0.29) is 151 Å².